The molecule has 1 heterocycles. The summed E-state index contributed by atoms with van der Waals surface area (Å²) in [6.07, 6.45) is -0.0522. The Morgan fingerprint density at radius 3 is 1.80 bits per heavy atom. The lowest BCUT2D eigenvalue weighted by atomic mass is 10.2. The fourth-order valence-electron chi connectivity index (χ4n) is 1.75. The highest BCUT2D eigenvalue weighted by molar-refractivity contribution is 5.20. The molecule has 2 nitrogen and oxygen atoms in total. The van der Waals surface area contributed by atoms with Gasteiger partial charge in [0, 0.05) is 0 Å². The van der Waals surface area contributed by atoms with Gasteiger partial charge in [-0.1, -0.05) is 42.5 Å². The lowest BCUT2D eigenvalue weighted by Gasteiger charge is -2.02. The first kappa shape index (κ1) is 8.36. The van der Waals surface area contributed by atoms with Gasteiger partial charge in [0.25, 0.3) is 0 Å². The minimum absolute atomic E-state index is 0.0522. The van der Waals surface area contributed by atoms with Gasteiger partial charge in [0.1, 0.15) is 0 Å². The lowest BCUT2D eigenvalue weighted by molar-refractivity contribution is 0.771. The molecular weight excluding hydrogens is 184 g/mol. The molecule has 1 aliphatic rings. The molecule has 15 heavy (non-hydrogen) atoms. The zero-order valence-electron chi connectivity index (χ0n) is 8.17. The Kier molecular flexibility index (Phi) is 1.85. The second-order valence-corrected chi connectivity index (χ2v) is 3.53. The van der Waals surface area contributed by atoms with E-state index in [4.69, 9.17) is 0 Å². The van der Waals surface area contributed by atoms with Crippen molar-refractivity contribution in [3.8, 4) is 0 Å². The number of hydrogen-bond acceptors (Lipinski definition) is 2. The van der Waals surface area contributed by atoms with E-state index in [-0.39, 0.29) is 6.17 Å². The highest BCUT2D eigenvalue weighted by Crippen LogP contribution is 2.18. The van der Waals surface area contributed by atoms with Crippen LogP contribution in [0.3, 0.4) is 0 Å². The third-order valence-electron chi connectivity index (χ3n) is 2.50. The van der Waals surface area contributed by atoms with Gasteiger partial charge in [-0.2, -0.15) is 0 Å². The zero-order chi connectivity index (χ0) is 10.1. The summed E-state index contributed by atoms with van der Waals surface area (Å²) in [7, 11) is 0. The van der Waals surface area contributed by atoms with Gasteiger partial charge in [-0.25, -0.2) is 0 Å². The average Bonchev–Trinajstić information content (AvgIpc) is 2.74. The molecule has 0 saturated heterocycles. The van der Waals surface area contributed by atoms with Crippen LogP contribution in [0.5, 0.6) is 0 Å². The summed E-state index contributed by atoms with van der Waals surface area (Å²) in [5.74, 6) is 0. The molecule has 0 aliphatic carbocycles. The second kappa shape index (κ2) is 3.31. The van der Waals surface area contributed by atoms with E-state index in [2.05, 4.69) is 22.1 Å². The van der Waals surface area contributed by atoms with E-state index in [1.54, 1.807) is 0 Å². The van der Waals surface area contributed by atoms with Gasteiger partial charge in [-0.3, -0.25) is 9.98 Å². The normalized spacial score (nSPS) is 14.1. The summed E-state index contributed by atoms with van der Waals surface area (Å²) in [5, 5.41) is 1.98. The van der Waals surface area contributed by atoms with Crippen LogP contribution in [0.4, 0.5) is 0 Å². The van der Waals surface area contributed by atoms with Crippen LogP contribution in [0, 0.1) is 0 Å². The fourth-order valence-corrected chi connectivity index (χ4v) is 1.75. The van der Waals surface area contributed by atoms with Crippen LogP contribution >= 0.6 is 0 Å². The maximum atomic E-state index is 4.56. The van der Waals surface area contributed by atoms with Crippen LogP contribution < -0.4 is 10.7 Å². The summed E-state index contributed by atoms with van der Waals surface area (Å²) >= 11 is 0. The van der Waals surface area contributed by atoms with E-state index in [0.29, 0.717) is 0 Å². The molecule has 0 bridgehead atoms. The number of hydrogen-bond donors (Lipinski definition) is 0. The van der Waals surface area contributed by atoms with Crippen LogP contribution in [-0.2, 0) is 0 Å². The van der Waals surface area contributed by atoms with Crippen LogP contribution in [0.2, 0.25) is 0 Å². The molecule has 0 amide bonds. The van der Waals surface area contributed by atoms with Gasteiger partial charge in [-0.05, 0) is 17.7 Å². The Bertz CT molecular complexity index is 552. The Morgan fingerprint density at radius 1 is 0.667 bits per heavy atom. The Hall–Kier alpha value is -1.96. The van der Waals surface area contributed by atoms with Crippen LogP contribution in [-0.4, -0.2) is 0 Å². The van der Waals surface area contributed by atoms with E-state index in [0.717, 1.165) is 16.3 Å². The third kappa shape index (κ3) is 1.44. The van der Waals surface area contributed by atoms with Crippen molar-refractivity contribution in [3.05, 3.63) is 70.9 Å². The SMILES string of the molecule is c1ccc(C2N=c3ccccc3=N2)cc1. The summed E-state index contributed by atoms with van der Waals surface area (Å²) in [5.41, 5.74) is 1.15. The highest BCUT2D eigenvalue weighted by atomic mass is 15.0. The monoisotopic (exact) mass is 194 g/mol. The van der Waals surface area contributed by atoms with Gasteiger partial charge in [0.2, 0.25) is 0 Å². The fraction of sp³-hybridized carbons (Fsp3) is 0.0769. The number of benzene rings is 2. The lowest BCUT2D eigenvalue weighted by Crippen LogP contribution is -2.19. The van der Waals surface area contributed by atoms with Gasteiger partial charge in [0.15, 0.2) is 6.17 Å². The number of rotatable bonds is 1. The predicted octanol–water partition coefficient (Wildman–Crippen LogP) is 1.64. The summed E-state index contributed by atoms with van der Waals surface area (Å²) in [4.78, 5) is 9.11. The summed E-state index contributed by atoms with van der Waals surface area (Å²) < 4.78 is 0. The largest absolute Gasteiger partial charge is 0.252 e. The molecule has 0 atom stereocenters. The standard InChI is InChI=1S/C13H10N2/c1-2-6-10(7-3-1)13-14-11-8-4-5-9-12(11)15-13/h1-9,13H. The van der Waals surface area contributed by atoms with Crippen LogP contribution in [0.25, 0.3) is 0 Å². The van der Waals surface area contributed by atoms with Crippen molar-refractivity contribution in [2.45, 2.75) is 6.17 Å². The van der Waals surface area contributed by atoms with Gasteiger partial charge >= 0.3 is 0 Å². The molecular formula is C13H10N2. The van der Waals surface area contributed by atoms with Crippen LogP contribution in [0.1, 0.15) is 11.7 Å². The van der Waals surface area contributed by atoms with Crippen molar-refractivity contribution in [2.24, 2.45) is 9.98 Å². The molecule has 0 N–H and O–H groups in total. The topological polar surface area (TPSA) is 24.7 Å². The molecule has 0 spiro atoms. The quantitative estimate of drug-likeness (QED) is 0.659. The number of fused-ring (bicyclic) bond motifs is 1. The van der Waals surface area contributed by atoms with Crippen molar-refractivity contribution < 1.29 is 0 Å². The molecule has 2 aromatic rings. The maximum Gasteiger partial charge on any atom is 0.166 e. The third-order valence-corrected chi connectivity index (χ3v) is 2.50. The first-order valence-electron chi connectivity index (χ1n) is 4.99. The average molecular weight is 194 g/mol. The molecule has 2 heteroatoms. The van der Waals surface area contributed by atoms with E-state index in [9.17, 15) is 0 Å². The Morgan fingerprint density at radius 2 is 1.20 bits per heavy atom. The van der Waals surface area contributed by atoms with Crippen LogP contribution in [0.15, 0.2) is 64.6 Å². The first-order valence-corrected chi connectivity index (χ1v) is 4.99. The minimum Gasteiger partial charge on any atom is -0.252 e. The molecule has 3 rings (SSSR count). The minimum atomic E-state index is -0.0522. The van der Waals surface area contributed by atoms with E-state index < -0.39 is 0 Å². The molecule has 0 fully saturated rings. The Balaban J connectivity index is 2.12. The van der Waals surface area contributed by atoms with Gasteiger partial charge < -0.3 is 0 Å². The molecule has 0 saturated carbocycles. The van der Waals surface area contributed by atoms with E-state index in [1.165, 1.54) is 0 Å². The number of nitrogens with zero attached hydrogens (tertiary/aromatic N) is 2. The first-order chi connectivity index (χ1) is 7.43. The van der Waals surface area contributed by atoms with E-state index in [1.807, 2.05) is 42.5 Å². The smallest absolute Gasteiger partial charge is 0.166 e. The predicted molar refractivity (Wildman–Crippen MR) is 57.9 cm³/mol. The van der Waals surface area contributed by atoms with Gasteiger partial charge in [-0.15, -0.1) is 0 Å². The second-order valence-electron chi connectivity index (χ2n) is 3.53. The molecule has 2 aromatic carbocycles. The van der Waals surface area contributed by atoms with Gasteiger partial charge in [0.05, 0.1) is 10.7 Å². The van der Waals surface area contributed by atoms with Crippen molar-refractivity contribution >= 4 is 0 Å². The van der Waals surface area contributed by atoms with Crippen molar-refractivity contribution in [3.63, 3.8) is 0 Å². The number of para-hydroxylation sites is 2. The molecule has 0 radical (unpaired) electrons. The van der Waals surface area contributed by atoms with Crippen molar-refractivity contribution in [2.75, 3.05) is 0 Å². The Labute approximate surface area is 87.6 Å². The van der Waals surface area contributed by atoms with Crippen molar-refractivity contribution in [1.82, 2.24) is 0 Å². The molecule has 1 aliphatic heterocycles. The van der Waals surface area contributed by atoms with Crippen molar-refractivity contribution in [1.29, 1.82) is 0 Å². The summed E-state index contributed by atoms with van der Waals surface area (Å²) in [6, 6.07) is 18.1. The summed E-state index contributed by atoms with van der Waals surface area (Å²) in [6.45, 7) is 0. The van der Waals surface area contributed by atoms with E-state index >= 15 is 0 Å². The maximum absolute atomic E-state index is 4.56. The highest BCUT2D eigenvalue weighted by Gasteiger charge is 2.10. The zero-order valence-corrected chi connectivity index (χ0v) is 8.17. The molecule has 0 aromatic heterocycles. The molecule has 72 valence electrons. The molecule has 0 unspecified atom stereocenters.